The van der Waals surface area contributed by atoms with Gasteiger partial charge in [0.15, 0.2) is 0 Å². The molecule has 0 amide bonds. The average molecular weight is 289 g/mol. The van der Waals surface area contributed by atoms with Crippen molar-refractivity contribution in [1.82, 2.24) is 14.9 Å². The first-order valence-corrected chi connectivity index (χ1v) is 7.76. The first-order chi connectivity index (χ1) is 9.81. The monoisotopic (exact) mass is 289 g/mol. The Balaban J connectivity index is 1.57. The topological polar surface area (TPSA) is 38.2 Å². The highest BCUT2D eigenvalue weighted by atomic mass is 32.1. The van der Waals surface area contributed by atoms with Crippen LogP contribution in [0.3, 0.4) is 0 Å². The number of rotatable bonds is 5. The Morgan fingerprint density at radius 2 is 2.30 bits per heavy atom. The molecular weight excluding hydrogens is 270 g/mol. The minimum atomic E-state index is 0.332. The normalized spacial score (nSPS) is 18.8. The molecule has 1 aliphatic heterocycles. The molecule has 4 nitrogen and oxygen atoms in total. The summed E-state index contributed by atoms with van der Waals surface area (Å²) in [5.74, 6) is 0. The van der Waals surface area contributed by atoms with E-state index in [4.69, 9.17) is 4.74 Å². The molecule has 3 rings (SSSR count). The Morgan fingerprint density at radius 1 is 1.35 bits per heavy atom. The molecule has 5 heteroatoms. The van der Waals surface area contributed by atoms with Gasteiger partial charge >= 0.3 is 0 Å². The summed E-state index contributed by atoms with van der Waals surface area (Å²) < 4.78 is 5.73. The number of nitrogens with zero attached hydrogens (tertiary/aromatic N) is 3. The van der Waals surface area contributed by atoms with Gasteiger partial charge in [0.25, 0.3) is 0 Å². The lowest BCUT2D eigenvalue weighted by atomic mass is 10.2. The third kappa shape index (κ3) is 3.42. The summed E-state index contributed by atoms with van der Waals surface area (Å²) >= 11 is 1.87. The van der Waals surface area contributed by atoms with Gasteiger partial charge in [-0.05, 0) is 32.0 Å². The highest BCUT2D eigenvalue weighted by Crippen LogP contribution is 2.33. The quantitative estimate of drug-likeness (QED) is 0.848. The number of ether oxygens (including phenoxy) is 1. The van der Waals surface area contributed by atoms with Gasteiger partial charge in [0.1, 0.15) is 0 Å². The van der Waals surface area contributed by atoms with Crippen molar-refractivity contribution >= 4 is 11.3 Å². The molecule has 0 bridgehead atoms. The third-order valence-electron chi connectivity index (χ3n) is 3.40. The van der Waals surface area contributed by atoms with E-state index in [1.165, 1.54) is 16.2 Å². The minimum absolute atomic E-state index is 0.332. The smallest absolute Gasteiger partial charge is 0.0917 e. The highest BCUT2D eigenvalue weighted by molar-refractivity contribution is 7.12. The van der Waals surface area contributed by atoms with Gasteiger partial charge in [-0.25, -0.2) is 0 Å². The van der Waals surface area contributed by atoms with Gasteiger partial charge in [-0.2, -0.15) is 0 Å². The second-order valence-corrected chi connectivity index (χ2v) is 6.37. The number of thiophene rings is 1. The van der Waals surface area contributed by atoms with E-state index < -0.39 is 0 Å². The molecule has 1 fully saturated rings. The highest BCUT2D eigenvalue weighted by Gasteiger charge is 2.19. The first-order valence-electron chi connectivity index (χ1n) is 6.95. The van der Waals surface area contributed by atoms with Crippen LogP contribution in [0.25, 0.3) is 0 Å². The molecule has 106 valence electrons. The van der Waals surface area contributed by atoms with Crippen molar-refractivity contribution in [3.8, 4) is 0 Å². The van der Waals surface area contributed by atoms with E-state index in [0.717, 1.165) is 31.8 Å². The predicted octanol–water partition coefficient (Wildman–Crippen LogP) is 3.02. The van der Waals surface area contributed by atoms with Gasteiger partial charge in [-0.1, -0.05) is 0 Å². The minimum Gasteiger partial charge on any atom is -0.373 e. The molecule has 20 heavy (non-hydrogen) atoms. The van der Waals surface area contributed by atoms with Crippen molar-refractivity contribution in [2.24, 2.45) is 0 Å². The summed E-state index contributed by atoms with van der Waals surface area (Å²) in [6, 6.07) is 4.43. The first kappa shape index (κ1) is 13.7. The van der Waals surface area contributed by atoms with Crippen molar-refractivity contribution in [2.45, 2.75) is 32.0 Å². The van der Waals surface area contributed by atoms with Gasteiger partial charge in [-0.3, -0.25) is 14.9 Å². The van der Waals surface area contributed by atoms with E-state index in [2.05, 4.69) is 34.0 Å². The van der Waals surface area contributed by atoms with E-state index in [0.29, 0.717) is 6.10 Å². The van der Waals surface area contributed by atoms with Crippen molar-refractivity contribution < 1.29 is 4.74 Å². The fourth-order valence-electron chi connectivity index (χ4n) is 2.46. The SMILES string of the molecule is CN(Cc1cnccn1)Cc1ccc([C@@H]2CCCO2)s1. The molecule has 1 atom stereocenters. The van der Waals surface area contributed by atoms with Gasteiger partial charge in [0.2, 0.25) is 0 Å². The van der Waals surface area contributed by atoms with Gasteiger partial charge in [0, 0.05) is 48.0 Å². The Bertz CT molecular complexity index is 537. The number of hydrogen-bond acceptors (Lipinski definition) is 5. The standard InChI is InChI=1S/C15H19N3OS/c1-18(10-12-9-16-6-7-17-12)11-13-4-5-15(20-13)14-3-2-8-19-14/h4-7,9,14H,2-3,8,10-11H2,1H3/t14-/m0/s1. The van der Waals surface area contributed by atoms with E-state index in [9.17, 15) is 0 Å². The van der Waals surface area contributed by atoms with Crippen LogP contribution in [0.15, 0.2) is 30.7 Å². The Morgan fingerprint density at radius 3 is 3.05 bits per heavy atom. The molecule has 0 aliphatic carbocycles. The van der Waals surface area contributed by atoms with Gasteiger partial charge in [-0.15, -0.1) is 11.3 Å². The molecule has 1 aliphatic rings. The average Bonchev–Trinajstić information content (AvgIpc) is 3.10. The zero-order valence-electron chi connectivity index (χ0n) is 11.7. The number of aromatic nitrogens is 2. The van der Waals surface area contributed by atoms with Crippen LogP contribution in [0.1, 0.15) is 34.4 Å². The molecule has 0 aromatic carbocycles. The van der Waals surface area contributed by atoms with Crippen LogP contribution in [0, 0.1) is 0 Å². The van der Waals surface area contributed by atoms with Crippen LogP contribution < -0.4 is 0 Å². The maximum Gasteiger partial charge on any atom is 0.0917 e. The molecule has 3 heterocycles. The molecule has 0 unspecified atom stereocenters. The third-order valence-corrected chi connectivity index (χ3v) is 4.57. The van der Waals surface area contributed by atoms with Crippen LogP contribution in [0.2, 0.25) is 0 Å². The molecule has 0 radical (unpaired) electrons. The molecule has 2 aromatic rings. The van der Waals surface area contributed by atoms with Crippen LogP contribution in [-0.2, 0) is 17.8 Å². The predicted molar refractivity (Wildman–Crippen MR) is 79.4 cm³/mol. The van der Waals surface area contributed by atoms with Crippen molar-refractivity contribution in [3.63, 3.8) is 0 Å². The maximum atomic E-state index is 5.73. The van der Waals surface area contributed by atoms with E-state index >= 15 is 0 Å². The zero-order valence-corrected chi connectivity index (χ0v) is 12.5. The summed E-state index contributed by atoms with van der Waals surface area (Å²) in [5, 5.41) is 0. The lowest BCUT2D eigenvalue weighted by Crippen LogP contribution is -2.17. The molecule has 0 N–H and O–H groups in total. The van der Waals surface area contributed by atoms with Crippen LogP contribution in [0.5, 0.6) is 0 Å². The van der Waals surface area contributed by atoms with E-state index in [-0.39, 0.29) is 0 Å². The summed E-state index contributed by atoms with van der Waals surface area (Å²) in [6.45, 7) is 2.67. The lowest BCUT2D eigenvalue weighted by molar-refractivity contribution is 0.114. The summed E-state index contributed by atoms with van der Waals surface area (Å²) in [7, 11) is 2.11. The van der Waals surface area contributed by atoms with Crippen LogP contribution in [-0.4, -0.2) is 28.5 Å². The Hall–Kier alpha value is -1.30. The Kier molecular flexibility index (Phi) is 4.40. The Labute approximate surface area is 123 Å². The van der Waals surface area contributed by atoms with Crippen LogP contribution >= 0.6 is 11.3 Å². The van der Waals surface area contributed by atoms with Gasteiger partial charge < -0.3 is 4.74 Å². The van der Waals surface area contributed by atoms with Gasteiger partial charge in [0.05, 0.1) is 11.8 Å². The summed E-state index contributed by atoms with van der Waals surface area (Å²) in [6.07, 6.45) is 7.95. The fourth-order valence-corrected chi connectivity index (χ4v) is 3.64. The second kappa shape index (κ2) is 6.43. The van der Waals surface area contributed by atoms with Crippen LogP contribution in [0.4, 0.5) is 0 Å². The molecule has 2 aromatic heterocycles. The van der Waals surface area contributed by atoms with E-state index in [1.54, 1.807) is 12.4 Å². The lowest BCUT2D eigenvalue weighted by Gasteiger charge is -2.14. The fraction of sp³-hybridized carbons (Fsp3) is 0.467. The molecule has 0 spiro atoms. The molecule has 1 saturated heterocycles. The second-order valence-electron chi connectivity index (χ2n) is 5.17. The molecule has 0 saturated carbocycles. The summed E-state index contributed by atoms with van der Waals surface area (Å²) in [5.41, 5.74) is 1.01. The van der Waals surface area contributed by atoms with Crippen molar-refractivity contribution in [3.05, 3.63) is 46.2 Å². The van der Waals surface area contributed by atoms with Crippen molar-refractivity contribution in [2.75, 3.05) is 13.7 Å². The summed E-state index contributed by atoms with van der Waals surface area (Å²) in [4.78, 5) is 13.4. The largest absolute Gasteiger partial charge is 0.373 e. The maximum absolute atomic E-state index is 5.73. The van der Waals surface area contributed by atoms with E-state index in [1.807, 2.05) is 17.5 Å². The van der Waals surface area contributed by atoms with Crippen molar-refractivity contribution in [1.29, 1.82) is 0 Å². The molecular formula is C15H19N3OS. The zero-order chi connectivity index (χ0) is 13.8. The number of hydrogen-bond donors (Lipinski definition) is 0.